The van der Waals surface area contributed by atoms with Crippen LogP contribution in [0.3, 0.4) is 0 Å². The van der Waals surface area contributed by atoms with Crippen molar-refractivity contribution in [3.8, 4) is 0 Å². The van der Waals surface area contributed by atoms with Crippen LogP contribution in [-0.2, 0) is 14.8 Å². The van der Waals surface area contributed by atoms with Crippen LogP contribution in [0, 0.1) is 0 Å². The second-order valence-corrected chi connectivity index (χ2v) is 6.10. The summed E-state index contributed by atoms with van der Waals surface area (Å²) in [6.45, 7) is 0. The first-order valence-corrected chi connectivity index (χ1v) is 7.45. The highest BCUT2D eigenvalue weighted by Crippen LogP contribution is 2.28. The minimum absolute atomic E-state index is 0.0576. The van der Waals surface area contributed by atoms with Crippen LogP contribution in [0.1, 0.15) is 0 Å². The van der Waals surface area contributed by atoms with E-state index in [4.69, 9.17) is 11.6 Å². The molecule has 1 amide bonds. The first kappa shape index (κ1) is 17.5. The Balaban J connectivity index is 2.93. The van der Waals surface area contributed by atoms with E-state index >= 15 is 0 Å². The van der Waals surface area contributed by atoms with Crippen molar-refractivity contribution < 1.29 is 30.8 Å². The Morgan fingerprint density at radius 3 is 2.33 bits per heavy atom. The van der Waals surface area contributed by atoms with Crippen LogP contribution in [0.5, 0.6) is 0 Å². The average molecular weight is 349 g/mol. The maximum Gasteiger partial charge on any atom is 0.383 e. The maximum absolute atomic E-state index is 12.7. The van der Waals surface area contributed by atoms with E-state index in [1.165, 1.54) is 0 Å². The second kappa shape index (κ2) is 6.06. The number of amides is 1. The van der Waals surface area contributed by atoms with Crippen molar-refractivity contribution in [3.63, 3.8) is 0 Å². The molecule has 0 unspecified atom stereocenters. The second-order valence-electron chi connectivity index (χ2n) is 3.95. The number of nitrogens with one attached hydrogen (secondary N) is 2. The zero-order chi connectivity index (χ0) is 16.4. The predicted molar refractivity (Wildman–Crippen MR) is 69.5 cm³/mol. The third-order valence-corrected chi connectivity index (χ3v) is 3.00. The quantitative estimate of drug-likeness (QED) is 0.803. The number of hydrogen-bond acceptors (Lipinski definition) is 3. The molecule has 0 aromatic heterocycles. The average Bonchev–Trinajstić information content (AvgIpc) is 2.30. The Morgan fingerprint density at radius 2 is 1.90 bits per heavy atom. The molecule has 0 radical (unpaired) electrons. The summed E-state index contributed by atoms with van der Waals surface area (Å²) in [7, 11) is -3.61. The molecule has 0 aliphatic heterocycles. The van der Waals surface area contributed by atoms with E-state index in [9.17, 15) is 30.8 Å². The van der Waals surface area contributed by atoms with Crippen molar-refractivity contribution in [2.45, 2.75) is 12.3 Å². The van der Waals surface area contributed by atoms with Crippen LogP contribution in [0.25, 0.3) is 0 Å². The van der Waals surface area contributed by atoms with Gasteiger partial charge in [0.05, 0.1) is 17.0 Å². The van der Waals surface area contributed by atoms with Gasteiger partial charge in [0.2, 0.25) is 10.0 Å². The monoisotopic (exact) mass is 348 g/mol. The molecule has 0 spiro atoms. The van der Waals surface area contributed by atoms with E-state index in [1.54, 1.807) is 5.32 Å². The molecule has 0 aliphatic rings. The van der Waals surface area contributed by atoms with E-state index in [1.807, 2.05) is 4.72 Å². The van der Waals surface area contributed by atoms with Crippen LogP contribution >= 0.6 is 11.6 Å². The highest BCUT2D eigenvalue weighted by atomic mass is 35.5. The molecule has 0 atom stereocenters. The van der Waals surface area contributed by atoms with Crippen LogP contribution in [-0.4, -0.2) is 32.9 Å². The first-order valence-electron chi connectivity index (χ1n) is 5.18. The standard InChI is InChI=1S/C10H9ClF4N2O3S/c1-21(19,20)17-7-3-2-5(4-6(7)11)16-9(18)10(14,15)8(12)13/h2-4,8,17H,1H3,(H,16,18). The van der Waals surface area contributed by atoms with Gasteiger partial charge in [0.15, 0.2) is 0 Å². The summed E-state index contributed by atoms with van der Waals surface area (Å²) in [5, 5.41) is 1.35. The number of sulfonamides is 1. The highest BCUT2D eigenvalue weighted by molar-refractivity contribution is 7.92. The molecule has 118 valence electrons. The van der Waals surface area contributed by atoms with Gasteiger partial charge in [-0.1, -0.05) is 11.6 Å². The van der Waals surface area contributed by atoms with Gasteiger partial charge in [0.25, 0.3) is 0 Å². The van der Waals surface area contributed by atoms with Crippen molar-refractivity contribution in [2.75, 3.05) is 16.3 Å². The van der Waals surface area contributed by atoms with Crippen LogP contribution in [0.15, 0.2) is 18.2 Å². The zero-order valence-electron chi connectivity index (χ0n) is 10.3. The fourth-order valence-corrected chi connectivity index (χ4v) is 2.05. The minimum atomic E-state index is -4.85. The molecule has 11 heteroatoms. The van der Waals surface area contributed by atoms with Crippen molar-refractivity contribution in [1.82, 2.24) is 0 Å². The predicted octanol–water partition coefficient (Wildman–Crippen LogP) is 2.55. The van der Waals surface area contributed by atoms with Crippen molar-refractivity contribution in [2.24, 2.45) is 0 Å². The van der Waals surface area contributed by atoms with Crippen LogP contribution in [0.4, 0.5) is 28.9 Å². The Labute approximate surface area is 122 Å². The van der Waals surface area contributed by atoms with Gasteiger partial charge >= 0.3 is 18.3 Å². The molecule has 0 bridgehead atoms. The van der Waals surface area contributed by atoms with E-state index in [0.29, 0.717) is 0 Å². The van der Waals surface area contributed by atoms with Gasteiger partial charge in [-0.05, 0) is 18.2 Å². The van der Waals surface area contributed by atoms with Gasteiger partial charge in [-0.15, -0.1) is 0 Å². The molecule has 1 rings (SSSR count). The first-order chi connectivity index (χ1) is 9.43. The maximum atomic E-state index is 12.7. The van der Waals surface area contributed by atoms with E-state index < -0.39 is 28.3 Å². The minimum Gasteiger partial charge on any atom is -0.321 e. The molecule has 0 saturated heterocycles. The Morgan fingerprint density at radius 1 is 1.33 bits per heavy atom. The summed E-state index contributed by atoms with van der Waals surface area (Å²) in [6, 6.07) is 3.05. The number of hydrogen-bond donors (Lipinski definition) is 2. The number of rotatable bonds is 5. The highest BCUT2D eigenvalue weighted by Gasteiger charge is 2.48. The molecule has 0 fully saturated rings. The van der Waals surface area contributed by atoms with Crippen LogP contribution < -0.4 is 10.0 Å². The fraction of sp³-hybridized carbons (Fsp3) is 0.300. The summed E-state index contributed by atoms with van der Waals surface area (Å²) >= 11 is 5.68. The van der Waals surface area contributed by atoms with E-state index in [0.717, 1.165) is 24.5 Å². The van der Waals surface area contributed by atoms with E-state index in [2.05, 4.69) is 0 Å². The lowest BCUT2D eigenvalue weighted by Gasteiger charge is -2.15. The Bertz CT molecular complexity index is 652. The Kier molecular flexibility index (Phi) is 5.05. The molecule has 1 aromatic carbocycles. The van der Waals surface area contributed by atoms with E-state index in [-0.39, 0.29) is 16.4 Å². The van der Waals surface area contributed by atoms with Crippen molar-refractivity contribution in [1.29, 1.82) is 0 Å². The number of carbonyl (C=O) groups excluding carboxylic acids is 1. The summed E-state index contributed by atoms with van der Waals surface area (Å²) in [5.74, 6) is -7.05. The SMILES string of the molecule is CS(=O)(=O)Nc1ccc(NC(=O)C(F)(F)C(F)F)cc1Cl. The van der Waals surface area contributed by atoms with Crippen molar-refractivity contribution in [3.05, 3.63) is 23.2 Å². The fourth-order valence-electron chi connectivity index (χ4n) is 1.19. The van der Waals surface area contributed by atoms with Crippen molar-refractivity contribution >= 4 is 38.9 Å². The van der Waals surface area contributed by atoms with Gasteiger partial charge in [0.1, 0.15) is 0 Å². The van der Waals surface area contributed by atoms with Gasteiger partial charge in [-0.3, -0.25) is 9.52 Å². The molecule has 1 aromatic rings. The molecular weight excluding hydrogens is 340 g/mol. The largest absolute Gasteiger partial charge is 0.383 e. The van der Waals surface area contributed by atoms with Gasteiger partial charge < -0.3 is 5.32 Å². The summed E-state index contributed by atoms with van der Waals surface area (Å²) < 4.78 is 73.5. The molecule has 0 aliphatic carbocycles. The van der Waals surface area contributed by atoms with Gasteiger partial charge in [-0.25, -0.2) is 17.2 Å². The lowest BCUT2D eigenvalue weighted by atomic mass is 10.2. The molecular formula is C10H9ClF4N2O3S. The number of carbonyl (C=O) groups is 1. The van der Waals surface area contributed by atoms with Crippen LogP contribution in [0.2, 0.25) is 5.02 Å². The number of alkyl halides is 4. The van der Waals surface area contributed by atoms with Gasteiger partial charge in [-0.2, -0.15) is 8.78 Å². The normalized spacial score (nSPS) is 12.3. The topological polar surface area (TPSA) is 75.3 Å². The lowest BCUT2D eigenvalue weighted by Crippen LogP contribution is -2.40. The third kappa shape index (κ3) is 4.74. The summed E-state index contributed by atoms with van der Waals surface area (Å²) in [6.07, 6.45) is -3.29. The summed E-state index contributed by atoms with van der Waals surface area (Å²) in [4.78, 5) is 11.0. The summed E-state index contributed by atoms with van der Waals surface area (Å²) in [5.41, 5.74) is -0.345. The Hall–Kier alpha value is -1.55. The molecule has 21 heavy (non-hydrogen) atoms. The smallest absolute Gasteiger partial charge is 0.321 e. The van der Waals surface area contributed by atoms with Gasteiger partial charge in [0, 0.05) is 5.69 Å². The molecule has 0 saturated carbocycles. The number of halogens is 5. The zero-order valence-corrected chi connectivity index (χ0v) is 11.9. The number of benzene rings is 1. The lowest BCUT2D eigenvalue weighted by molar-refractivity contribution is -0.163. The number of anilines is 2. The molecule has 0 heterocycles. The third-order valence-electron chi connectivity index (χ3n) is 2.10. The molecule has 2 N–H and O–H groups in total. The molecule has 5 nitrogen and oxygen atoms in total.